The summed E-state index contributed by atoms with van der Waals surface area (Å²) in [6.45, 7) is 3.75. The second-order valence-corrected chi connectivity index (χ2v) is 11.4. The zero-order valence-electron chi connectivity index (χ0n) is 22.3. The molecule has 12 nitrogen and oxygen atoms in total. The molecule has 5 rings (SSSR count). The summed E-state index contributed by atoms with van der Waals surface area (Å²) in [5.74, 6) is -0.196. The van der Waals surface area contributed by atoms with Crippen LogP contribution >= 0.6 is 11.3 Å². The lowest BCUT2D eigenvalue weighted by molar-refractivity contribution is -0.153. The lowest BCUT2D eigenvalue weighted by Gasteiger charge is -2.31. The number of pyridine rings is 1. The normalized spacial score (nSPS) is 18.8. The van der Waals surface area contributed by atoms with Crippen LogP contribution in [0.1, 0.15) is 31.7 Å². The van der Waals surface area contributed by atoms with Gasteiger partial charge in [0.25, 0.3) is 0 Å². The van der Waals surface area contributed by atoms with Gasteiger partial charge in [-0.1, -0.05) is 11.3 Å². The molecule has 214 valence electrons. The third-order valence-corrected chi connectivity index (χ3v) is 9.22. The van der Waals surface area contributed by atoms with Crippen molar-refractivity contribution in [1.29, 1.82) is 0 Å². The Bertz CT molecular complexity index is 1430. The monoisotopic (exact) mass is 587 g/mol. The maximum absolute atomic E-state index is 13.8. The molecule has 2 aliphatic heterocycles. The van der Waals surface area contributed by atoms with Crippen molar-refractivity contribution in [2.24, 2.45) is 0 Å². The fourth-order valence-corrected chi connectivity index (χ4v) is 7.16. The highest BCUT2D eigenvalue weighted by atomic mass is 32.2. The number of methoxy groups -OCH3 is 1. The van der Waals surface area contributed by atoms with Crippen LogP contribution in [-0.4, -0.2) is 80.9 Å². The van der Waals surface area contributed by atoms with E-state index in [2.05, 4.69) is 14.9 Å². The predicted octanol–water partition coefficient (Wildman–Crippen LogP) is 2.26. The van der Waals surface area contributed by atoms with Crippen molar-refractivity contribution in [3.05, 3.63) is 36.2 Å². The molecule has 0 spiro atoms. The number of benzene rings is 1. The number of thiazole rings is 1. The minimum absolute atomic E-state index is 0.110. The van der Waals surface area contributed by atoms with Gasteiger partial charge in [-0.3, -0.25) is 13.3 Å². The van der Waals surface area contributed by atoms with E-state index in [1.165, 1.54) is 29.5 Å². The van der Waals surface area contributed by atoms with E-state index in [0.29, 0.717) is 27.5 Å². The second-order valence-electron chi connectivity index (χ2n) is 9.61. The molecule has 0 bridgehead atoms. The Hall–Kier alpha value is -3.49. The van der Waals surface area contributed by atoms with Crippen LogP contribution in [0.25, 0.3) is 10.8 Å². The van der Waals surface area contributed by atoms with E-state index >= 15 is 0 Å². The van der Waals surface area contributed by atoms with Gasteiger partial charge in [0.1, 0.15) is 28.7 Å². The first-order valence-electron chi connectivity index (χ1n) is 13.1. The summed E-state index contributed by atoms with van der Waals surface area (Å²) in [4.78, 5) is 39.0. The molecule has 4 heterocycles. The van der Waals surface area contributed by atoms with Gasteiger partial charge in [-0.2, -0.15) is 0 Å². The molecule has 1 aromatic carbocycles. The summed E-state index contributed by atoms with van der Waals surface area (Å²) in [6, 6.07) is 3.44. The Morgan fingerprint density at radius 3 is 2.77 bits per heavy atom. The highest BCUT2D eigenvalue weighted by Gasteiger charge is 2.43. The Kier molecular flexibility index (Phi) is 8.38. The number of ether oxygens (including phenoxy) is 2. The number of nitrogens with two attached hydrogens (primary N) is 1. The van der Waals surface area contributed by atoms with Gasteiger partial charge >= 0.3 is 5.97 Å². The first-order valence-corrected chi connectivity index (χ1v) is 14.9. The summed E-state index contributed by atoms with van der Waals surface area (Å²) < 4.78 is 36.8. The van der Waals surface area contributed by atoms with E-state index in [4.69, 9.17) is 15.2 Å². The number of likely N-dealkylation sites (tertiary alicyclic amines) is 1. The average Bonchev–Trinajstić information content (AvgIpc) is 3.70. The minimum atomic E-state index is -2.72. The largest absolute Gasteiger partial charge is 0.755 e. The molecule has 1 amide bonds. The van der Waals surface area contributed by atoms with Crippen LogP contribution in [0.4, 0.5) is 16.0 Å². The highest BCUT2D eigenvalue weighted by molar-refractivity contribution is 7.81. The molecule has 0 radical (unpaired) electrons. The number of rotatable bonds is 10. The molecule has 2 fully saturated rings. The molecule has 2 saturated heterocycles. The van der Waals surface area contributed by atoms with Crippen LogP contribution in [0.3, 0.4) is 0 Å². The van der Waals surface area contributed by atoms with E-state index in [9.17, 15) is 18.4 Å². The third kappa shape index (κ3) is 5.43. The van der Waals surface area contributed by atoms with Crippen LogP contribution in [-0.2, 0) is 32.0 Å². The summed E-state index contributed by atoms with van der Waals surface area (Å²) in [5.41, 5.74) is 6.71. The van der Waals surface area contributed by atoms with Gasteiger partial charge in [0.15, 0.2) is 5.13 Å². The fraction of sp³-hybridized carbons (Fsp3) is 0.462. The van der Waals surface area contributed by atoms with Crippen molar-refractivity contribution in [3.8, 4) is 5.75 Å². The zero-order valence-corrected chi connectivity index (χ0v) is 23.9. The highest BCUT2D eigenvalue weighted by Crippen LogP contribution is 2.36. The van der Waals surface area contributed by atoms with Gasteiger partial charge in [0.2, 0.25) is 5.91 Å². The maximum Gasteiger partial charge on any atom is 0.329 e. The lowest BCUT2D eigenvalue weighted by Crippen LogP contribution is -2.49. The Morgan fingerprint density at radius 1 is 1.30 bits per heavy atom. The van der Waals surface area contributed by atoms with Crippen LogP contribution < -0.4 is 19.7 Å². The van der Waals surface area contributed by atoms with Gasteiger partial charge in [-0.05, 0) is 55.3 Å². The number of carbonyl (C=O) groups excluding carboxylic acids is 2. The number of hydrogen-bond donors (Lipinski definition) is 1. The Morgan fingerprint density at radius 2 is 2.08 bits per heavy atom. The standard InChI is InChI=1S/C26H32N6O6S2/c1-3-38-25(34)20(13-17-12-16-6-8-28-23(27)18(16)14-21(17)37-2)31-11-7-19(24(31)33)32(40(35)36)22-15-29-26(39-22)30-9-4-5-10-30/h6,8,12,14-15,19-20H,3-5,7,9-11,13H2,1-2H3,(H2,27,28)(H,35,36)/p-1/t19-,20+/m0/s1. The number of nitrogen functional groups attached to an aromatic ring is 1. The molecule has 2 aromatic heterocycles. The van der Waals surface area contributed by atoms with E-state index in [0.717, 1.165) is 40.8 Å². The van der Waals surface area contributed by atoms with Crippen molar-refractivity contribution in [3.63, 3.8) is 0 Å². The summed E-state index contributed by atoms with van der Waals surface area (Å²) in [6.07, 6.45) is 5.54. The summed E-state index contributed by atoms with van der Waals surface area (Å²) in [5, 5.41) is 2.61. The molecule has 0 aliphatic carbocycles. The molecule has 0 saturated carbocycles. The molecule has 1 unspecified atom stereocenters. The first kappa shape index (κ1) is 28.1. The SMILES string of the molecule is CCOC(=O)[C@@H](Cc1cc2ccnc(N)c2cc1OC)N1CC[C@H](N(c2cnc(N3CCCC3)s2)S(=O)[O-])C1=O. The van der Waals surface area contributed by atoms with Crippen molar-refractivity contribution < 1.29 is 27.8 Å². The molecule has 14 heteroatoms. The number of nitrogens with zero attached hydrogens (tertiary/aromatic N) is 5. The van der Waals surface area contributed by atoms with Crippen molar-refractivity contribution in [2.75, 3.05) is 48.3 Å². The number of esters is 1. The quantitative estimate of drug-likeness (QED) is 0.276. The van der Waals surface area contributed by atoms with Crippen LogP contribution in [0.2, 0.25) is 0 Å². The van der Waals surface area contributed by atoms with Crippen molar-refractivity contribution >= 4 is 61.2 Å². The van der Waals surface area contributed by atoms with Gasteiger partial charge in [0.05, 0.1) is 19.9 Å². The number of carbonyl (C=O) groups is 2. The second kappa shape index (κ2) is 11.9. The predicted molar refractivity (Wildman–Crippen MR) is 152 cm³/mol. The topological polar surface area (TPSA) is 154 Å². The van der Waals surface area contributed by atoms with Crippen LogP contribution in [0.5, 0.6) is 5.75 Å². The Labute approximate surface area is 238 Å². The number of anilines is 3. The average molecular weight is 588 g/mol. The first-order chi connectivity index (χ1) is 19.3. The van der Waals surface area contributed by atoms with E-state index in [-0.39, 0.29) is 26.0 Å². The molecule has 40 heavy (non-hydrogen) atoms. The lowest BCUT2D eigenvalue weighted by atomic mass is 10.00. The van der Waals surface area contributed by atoms with Gasteiger partial charge < -0.3 is 29.6 Å². The molecular formula is C26H31N6O6S2-. The molecule has 3 aromatic rings. The van der Waals surface area contributed by atoms with Crippen molar-refractivity contribution in [1.82, 2.24) is 14.9 Å². The summed E-state index contributed by atoms with van der Waals surface area (Å²) in [7, 11) is 1.51. The van der Waals surface area contributed by atoms with E-state index < -0.39 is 35.2 Å². The third-order valence-electron chi connectivity index (χ3n) is 7.27. The number of amides is 1. The maximum atomic E-state index is 13.8. The van der Waals surface area contributed by atoms with E-state index in [1.54, 1.807) is 25.3 Å². The van der Waals surface area contributed by atoms with Gasteiger partial charge in [0, 0.05) is 48.9 Å². The fourth-order valence-electron chi connectivity index (χ4n) is 5.35. The Balaban J connectivity index is 1.43. The van der Waals surface area contributed by atoms with E-state index in [1.807, 2.05) is 6.07 Å². The summed E-state index contributed by atoms with van der Waals surface area (Å²) >= 11 is -1.48. The number of aromatic nitrogens is 2. The minimum Gasteiger partial charge on any atom is -0.755 e. The van der Waals surface area contributed by atoms with Crippen LogP contribution in [0, 0.1) is 0 Å². The number of fused-ring (bicyclic) bond motifs is 1. The van der Waals surface area contributed by atoms with Crippen LogP contribution in [0.15, 0.2) is 30.6 Å². The molecular weight excluding hydrogens is 556 g/mol. The molecule has 2 aliphatic rings. The van der Waals surface area contributed by atoms with Crippen molar-refractivity contribution in [2.45, 2.75) is 44.7 Å². The number of hydrogen-bond acceptors (Lipinski definition) is 11. The smallest absolute Gasteiger partial charge is 0.329 e. The van der Waals surface area contributed by atoms with Gasteiger partial charge in [-0.15, -0.1) is 0 Å². The zero-order chi connectivity index (χ0) is 28.4. The molecule has 2 N–H and O–H groups in total. The molecule has 3 atom stereocenters. The van der Waals surface area contributed by atoms with Gasteiger partial charge in [-0.25, -0.2) is 14.8 Å².